The van der Waals surface area contributed by atoms with Crippen LogP contribution in [0.5, 0.6) is 11.5 Å². The average Bonchev–Trinajstić information content (AvgIpc) is 3.35. The molecule has 0 aliphatic carbocycles. The minimum atomic E-state index is -0.942. The fraction of sp³-hybridized carbons (Fsp3) is 0.250. The van der Waals surface area contributed by atoms with E-state index in [0.717, 1.165) is 18.6 Å². The van der Waals surface area contributed by atoms with Crippen molar-refractivity contribution in [3.63, 3.8) is 0 Å². The molecule has 22 heavy (non-hydrogen) atoms. The minimum Gasteiger partial charge on any atom is -0.504 e. The van der Waals surface area contributed by atoms with E-state index in [9.17, 15) is 9.90 Å². The number of nitrogens with zero attached hydrogens (tertiary/aromatic N) is 1. The van der Waals surface area contributed by atoms with Crippen LogP contribution in [-0.2, 0) is 11.2 Å². The lowest BCUT2D eigenvalue weighted by atomic mass is 10.1. The van der Waals surface area contributed by atoms with E-state index in [0.29, 0.717) is 11.9 Å². The van der Waals surface area contributed by atoms with Crippen molar-refractivity contribution in [1.82, 2.24) is 4.98 Å². The van der Waals surface area contributed by atoms with Crippen LogP contribution in [0.3, 0.4) is 0 Å². The molecule has 2 heterocycles. The van der Waals surface area contributed by atoms with Crippen molar-refractivity contribution in [3.05, 3.63) is 53.9 Å². The van der Waals surface area contributed by atoms with Crippen molar-refractivity contribution in [2.45, 2.75) is 12.5 Å². The number of epoxide rings is 1. The van der Waals surface area contributed by atoms with Crippen LogP contribution in [0.25, 0.3) is 0 Å². The molecule has 2 aromatic rings. The zero-order valence-electron chi connectivity index (χ0n) is 12.1. The fourth-order valence-corrected chi connectivity index (χ4v) is 1.79. The number of methoxy groups -OCH3 is 1. The Labute approximate surface area is 128 Å². The summed E-state index contributed by atoms with van der Waals surface area (Å²) in [5.74, 6) is -0.232. The third-order valence-electron chi connectivity index (χ3n) is 3.02. The number of aromatic hydroxyl groups is 1. The van der Waals surface area contributed by atoms with E-state index < -0.39 is 5.97 Å². The molecule has 0 bridgehead atoms. The Kier molecular flexibility index (Phi) is 5.32. The van der Waals surface area contributed by atoms with E-state index in [-0.39, 0.29) is 11.3 Å². The maximum Gasteiger partial charge on any atom is 0.337 e. The number of phenolic OH excluding ortho intramolecular Hbond substituents is 1. The number of rotatable bonds is 4. The SMILES string of the molecule is COc1cc(CC2CO2)ccc1O.O=C(O)c1cccnc1. The first kappa shape index (κ1) is 15.8. The first-order chi connectivity index (χ1) is 10.6. The van der Waals surface area contributed by atoms with Gasteiger partial charge in [0, 0.05) is 18.8 Å². The highest BCUT2D eigenvalue weighted by atomic mass is 16.6. The molecule has 1 unspecified atom stereocenters. The van der Waals surface area contributed by atoms with Gasteiger partial charge in [-0.2, -0.15) is 0 Å². The largest absolute Gasteiger partial charge is 0.504 e. The Bertz CT molecular complexity index is 626. The third kappa shape index (κ3) is 4.75. The van der Waals surface area contributed by atoms with E-state index in [1.165, 1.54) is 18.5 Å². The zero-order chi connectivity index (χ0) is 15.9. The molecule has 1 aliphatic rings. The number of hydrogen-bond donors (Lipinski definition) is 2. The lowest BCUT2D eigenvalue weighted by molar-refractivity contribution is 0.0696. The maximum atomic E-state index is 10.2. The molecule has 1 aromatic carbocycles. The molecule has 1 aliphatic heterocycles. The van der Waals surface area contributed by atoms with Crippen LogP contribution < -0.4 is 4.74 Å². The van der Waals surface area contributed by atoms with Crippen LogP contribution in [0, 0.1) is 0 Å². The van der Waals surface area contributed by atoms with Gasteiger partial charge in [0.1, 0.15) is 0 Å². The number of hydrogen-bond acceptors (Lipinski definition) is 5. The highest BCUT2D eigenvalue weighted by molar-refractivity contribution is 5.86. The molecule has 6 nitrogen and oxygen atoms in total. The Morgan fingerprint density at radius 1 is 1.45 bits per heavy atom. The van der Waals surface area contributed by atoms with Crippen molar-refractivity contribution in [2.75, 3.05) is 13.7 Å². The highest BCUT2D eigenvalue weighted by Gasteiger charge is 2.22. The van der Waals surface area contributed by atoms with Gasteiger partial charge < -0.3 is 19.7 Å². The summed E-state index contributed by atoms with van der Waals surface area (Å²) in [6.45, 7) is 0.850. The molecule has 2 N–H and O–H groups in total. The summed E-state index contributed by atoms with van der Waals surface area (Å²) in [4.78, 5) is 13.8. The Balaban J connectivity index is 0.000000172. The normalized spacial score (nSPS) is 15.4. The van der Waals surface area contributed by atoms with E-state index in [2.05, 4.69) is 4.98 Å². The molecule has 6 heteroatoms. The first-order valence-electron chi connectivity index (χ1n) is 6.71. The number of aromatic carboxylic acids is 1. The van der Waals surface area contributed by atoms with Gasteiger partial charge in [0.15, 0.2) is 11.5 Å². The fourth-order valence-electron chi connectivity index (χ4n) is 1.79. The van der Waals surface area contributed by atoms with Crippen molar-refractivity contribution in [2.24, 2.45) is 0 Å². The number of aromatic nitrogens is 1. The number of carbonyl (C=O) groups is 1. The lowest BCUT2D eigenvalue weighted by Gasteiger charge is -2.04. The van der Waals surface area contributed by atoms with Gasteiger partial charge >= 0.3 is 5.97 Å². The van der Waals surface area contributed by atoms with Crippen LogP contribution in [0.15, 0.2) is 42.7 Å². The van der Waals surface area contributed by atoms with Gasteiger partial charge in [0.2, 0.25) is 0 Å². The number of benzene rings is 1. The number of pyridine rings is 1. The van der Waals surface area contributed by atoms with E-state index >= 15 is 0 Å². The van der Waals surface area contributed by atoms with E-state index in [1.54, 1.807) is 19.2 Å². The topological polar surface area (TPSA) is 92.2 Å². The van der Waals surface area contributed by atoms with Crippen LogP contribution in [0.4, 0.5) is 0 Å². The first-order valence-corrected chi connectivity index (χ1v) is 6.71. The summed E-state index contributed by atoms with van der Waals surface area (Å²) in [7, 11) is 1.55. The van der Waals surface area contributed by atoms with Gasteiger partial charge in [-0.05, 0) is 29.8 Å². The Morgan fingerprint density at radius 3 is 2.73 bits per heavy atom. The minimum absolute atomic E-state index is 0.183. The summed E-state index contributed by atoms with van der Waals surface area (Å²) in [5.41, 5.74) is 1.36. The lowest BCUT2D eigenvalue weighted by Crippen LogP contribution is -1.94. The number of phenols is 1. The molecule has 3 rings (SSSR count). The van der Waals surface area contributed by atoms with Crippen LogP contribution in [0.2, 0.25) is 0 Å². The van der Waals surface area contributed by atoms with Gasteiger partial charge in [-0.15, -0.1) is 0 Å². The molecule has 0 radical (unpaired) electrons. The predicted octanol–water partition coefficient (Wildman–Crippen LogP) is 2.12. The molecule has 1 atom stereocenters. The zero-order valence-corrected chi connectivity index (χ0v) is 12.1. The van der Waals surface area contributed by atoms with E-state index in [4.69, 9.17) is 14.6 Å². The molecule has 0 saturated carbocycles. The number of ether oxygens (including phenoxy) is 2. The van der Waals surface area contributed by atoms with Gasteiger partial charge in [-0.3, -0.25) is 4.98 Å². The summed E-state index contributed by atoms with van der Waals surface area (Å²) < 4.78 is 10.1. The summed E-state index contributed by atoms with van der Waals surface area (Å²) in [5, 5.41) is 17.7. The maximum absolute atomic E-state index is 10.2. The Hall–Kier alpha value is -2.60. The standard InChI is InChI=1S/C10H12O3.C6H5NO2/c1-12-10-5-7(2-3-9(10)11)4-8-6-13-8;8-6(9)5-2-1-3-7-4-5/h2-3,5,8,11H,4,6H2,1H3;1-4H,(H,8,9). The van der Waals surface area contributed by atoms with Crippen molar-refractivity contribution < 1.29 is 24.5 Å². The van der Waals surface area contributed by atoms with Crippen LogP contribution in [-0.4, -0.2) is 41.0 Å². The van der Waals surface area contributed by atoms with Gasteiger partial charge in [0.05, 0.1) is 25.4 Å². The van der Waals surface area contributed by atoms with Crippen LogP contribution in [0.1, 0.15) is 15.9 Å². The van der Waals surface area contributed by atoms with Gasteiger partial charge in [-0.25, -0.2) is 4.79 Å². The molecule has 1 fully saturated rings. The molecule has 1 aromatic heterocycles. The smallest absolute Gasteiger partial charge is 0.337 e. The predicted molar refractivity (Wildman–Crippen MR) is 79.3 cm³/mol. The van der Waals surface area contributed by atoms with Crippen molar-refractivity contribution in [3.8, 4) is 11.5 Å². The molecular formula is C16H17NO5. The summed E-state index contributed by atoms with van der Waals surface area (Å²) in [6.07, 6.45) is 4.11. The molecule has 116 valence electrons. The molecular weight excluding hydrogens is 286 g/mol. The van der Waals surface area contributed by atoms with E-state index in [1.807, 2.05) is 12.1 Å². The second-order valence-corrected chi connectivity index (χ2v) is 4.71. The molecule has 1 saturated heterocycles. The van der Waals surface area contributed by atoms with Gasteiger partial charge in [-0.1, -0.05) is 6.07 Å². The number of carboxylic acids is 1. The molecule has 0 spiro atoms. The highest BCUT2D eigenvalue weighted by Crippen LogP contribution is 2.28. The Morgan fingerprint density at radius 2 is 2.23 bits per heavy atom. The quantitative estimate of drug-likeness (QED) is 0.841. The van der Waals surface area contributed by atoms with Gasteiger partial charge in [0.25, 0.3) is 0 Å². The number of carboxylic acid groups (broad SMARTS) is 1. The monoisotopic (exact) mass is 303 g/mol. The van der Waals surface area contributed by atoms with Crippen LogP contribution >= 0.6 is 0 Å². The summed E-state index contributed by atoms with van der Waals surface area (Å²) >= 11 is 0. The second-order valence-electron chi connectivity index (χ2n) is 4.71. The van der Waals surface area contributed by atoms with Crippen molar-refractivity contribution in [1.29, 1.82) is 0 Å². The second kappa shape index (κ2) is 7.42. The third-order valence-corrected chi connectivity index (χ3v) is 3.02. The average molecular weight is 303 g/mol. The summed E-state index contributed by atoms with van der Waals surface area (Å²) in [6, 6.07) is 8.46. The van der Waals surface area contributed by atoms with Crippen molar-refractivity contribution >= 4 is 5.97 Å². The molecule has 0 amide bonds.